The van der Waals surface area contributed by atoms with Gasteiger partial charge >= 0.3 is 0 Å². The lowest BCUT2D eigenvalue weighted by atomic mass is 10.2. The van der Waals surface area contributed by atoms with Gasteiger partial charge in [0, 0.05) is 19.3 Å². The molecule has 0 radical (unpaired) electrons. The van der Waals surface area contributed by atoms with E-state index in [1.165, 1.54) is 12.1 Å². The maximum Gasteiger partial charge on any atom is 0.143 e. The number of benzene rings is 1. The molecule has 2 rings (SSSR count). The number of nitrogens with one attached hydrogen (secondary N) is 1. The summed E-state index contributed by atoms with van der Waals surface area (Å²) in [5.74, 6) is -0.496. The van der Waals surface area contributed by atoms with Crippen molar-refractivity contribution >= 4 is 23.0 Å². The number of hydrogen-bond donors (Lipinski definition) is 2. The van der Waals surface area contributed by atoms with Crippen LogP contribution in [0.4, 0.5) is 15.8 Å². The molecular formula is C11H12ClFN4. The highest BCUT2D eigenvalue weighted by Crippen LogP contribution is 2.26. The van der Waals surface area contributed by atoms with Crippen LogP contribution in [-0.4, -0.2) is 9.78 Å². The SMILES string of the molecule is Cn1ccc(CNc2cc(F)c(Cl)cc2N)n1. The molecule has 1 aromatic carbocycles. The minimum absolute atomic E-state index is 0.0193. The van der Waals surface area contributed by atoms with Crippen LogP contribution in [0.1, 0.15) is 5.69 Å². The monoisotopic (exact) mass is 254 g/mol. The van der Waals surface area contributed by atoms with Gasteiger partial charge in [0.2, 0.25) is 0 Å². The molecule has 0 aliphatic rings. The minimum atomic E-state index is -0.496. The molecule has 0 aliphatic heterocycles. The lowest BCUT2D eigenvalue weighted by Crippen LogP contribution is -2.04. The van der Waals surface area contributed by atoms with Gasteiger partial charge in [-0.3, -0.25) is 4.68 Å². The summed E-state index contributed by atoms with van der Waals surface area (Å²) < 4.78 is 14.9. The maximum atomic E-state index is 13.2. The van der Waals surface area contributed by atoms with Gasteiger partial charge in [0.05, 0.1) is 28.6 Å². The Balaban J connectivity index is 2.11. The predicted molar refractivity (Wildman–Crippen MR) is 66.4 cm³/mol. The Morgan fingerprint density at radius 2 is 2.29 bits per heavy atom. The number of rotatable bonds is 3. The van der Waals surface area contributed by atoms with Crippen molar-refractivity contribution in [2.45, 2.75) is 6.54 Å². The molecule has 4 nitrogen and oxygen atoms in total. The number of halogens is 2. The summed E-state index contributed by atoms with van der Waals surface area (Å²) in [6.07, 6.45) is 1.84. The molecule has 2 aromatic rings. The van der Waals surface area contributed by atoms with Crippen molar-refractivity contribution in [1.82, 2.24) is 9.78 Å². The second-order valence-electron chi connectivity index (χ2n) is 3.69. The van der Waals surface area contributed by atoms with Crippen LogP contribution in [0, 0.1) is 5.82 Å². The number of nitrogen functional groups attached to an aromatic ring is 1. The van der Waals surface area contributed by atoms with E-state index < -0.39 is 5.82 Å². The van der Waals surface area contributed by atoms with Crippen molar-refractivity contribution in [2.75, 3.05) is 11.1 Å². The van der Waals surface area contributed by atoms with E-state index in [9.17, 15) is 4.39 Å². The van der Waals surface area contributed by atoms with Gasteiger partial charge in [-0.2, -0.15) is 5.10 Å². The molecule has 0 spiro atoms. The van der Waals surface area contributed by atoms with Crippen LogP contribution in [0.5, 0.6) is 0 Å². The summed E-state index contributed by atoms with van der Waals surface area (Å²) in [5, 5.41) is 7.22. The molecule has 0 saturated heterocycles. The summed E-state index contributed by atoms with van der Waals surface area (Å²) in [4.78, 5) is 0. The van der Waals surface area contributed by atoms with E-state index >= 15 is 0 Å². The Morgan fingerprint density at radius 3 is 2.94 bits per heavy atom. The summed E-state index contributed by atoms with van der Waals surface area (Å²) >= 11 is 5.61. The zero-order chi connectivity index (χ0) is 12.4. The van der Waals surface area contributed by atoms with Gasteiger partial charge in [0.1, 0.15) is 5.82 Å². The number of nitrogens with two attached hydrogens (primary N) is 1. The summed E-state index contributed by atoms with van der Waals surface area (Å²) in [5.41, 5.74) is 7.49. The quantitative estimate of drug-likeness (QED) is 0.827. The molecule has 0 unspecified atom stereocenters. The average molecular weight is 255 g/mol. The molecule has 0 atom stereocenters. The van der Waals surface area contributed by atoms with E-state index in [0.29, 0.717) is 17.9 Å². The fourth-order valence-corrected chi connectivity index (χ4v) is 1.63. The Morgan fingerprint density at radius 1 is 1.53 bits per heavy atom. The number of nitrogens with zero attached hydrogens (tertiary/aromatic N) is 2. The van der Waals surface area contributed by atoms with E-state index in [1.807, 2.05) is 19.3 Å². The first-order valence-electron chi connectivity index (χ1n) is 5.03. The third-order valence-corrected chi connectivity index (χ3v) is 2.61. The Kier molecular flexibility index (Phi) is 3.19. The predicted octanol–water partition coefficient (Wildman–Crippen LogP) is 2.41. The standard InChI is InChI=1S/C11H12ClFN4/c1-17-3-2-7(16-17)6-15-11-5-9(13)8(12)4-10(11)14/h2-5,15H,6,14H2,1H3. The first kappa shape index (κ1) is 11.7. The van der Waals surface area contributed by atoms with Crippen LogP contribution >= 0.6 is 11.6 Å². The van der Waals surface area contributed by atoms with Crippen LogP contribution in [0.3, 0.4) is 0 Å². The summed E-state index contributed by atoms with van der Waals surface area (Å²) in [7, 11) is 1.83. The highest BCUT2D eigenvalue weighted by Gasteiger charge is 2.06. The fraction of sp³-hybridized carbons (Fsp3) is 0.182. The largest absolute Gasteiger partial charge is 0.397 e. The smallest absolute Gasteiger partial charge is 0.143 e. The van der Waals surface area contributed by atoms with Crippen LogP contribution in [0.25, 0.3) is 0 Å². The van der Waals surface area contributed by atoms with E-state index in [0.717, 1.165) is 5.69 Å². The fourth-order valence-electron chi connectivity index (χ4n) is 1.46. The molecule has 90 valence electrons. The molecule has 3 N–H and O–H groups in total. The molecule has 0 fully saturated rings. The molecule has 0 bridgehead atoms. The third-order valence-electron chi connectivity index (χ3n) is 2.32. The van der Waals surface area contributed by atoms with Crippen LogP contribution in [0.2, 0.25) is 5.02 Å². The van der Waals surface area contributed by atoms with Crippen LogP contribution in [-0.2, 0) is 13.6 Å². The molecular weight excluding hydrogens is 243 g/mol. The molecule has 1 aromatic heterocycles. The summed E-state index contributed by atoms with van der Waals surface area (Å²) in [6.45, 7) is 0.478. The van der Waals surface area contributed by atoms with Crippen LogP contribution < -0.4 is 11.1 Å². The number of aryl methyl sites for hydroxylation is 1. The van der Waals surface area contributed by atoms with Gasteiger partial charge in [-0.25, -0.2) is 4.39 Å². The van der Waals surface area contributed by atoms with Crippen molar-refractivity contribution in [2.24, 2.45) is 7.05 Å². The molecule has 1 heterocycles. The van der Waals surface area contributed by atoms with Gasteiger partial charge in [-0.15, -0.1) is 0 Å². The van der Waals surface area contributed by atoms with Gasteiger partial charge in [-0.05, 0) is 12.1 Å². The number of anilines is 2. The first-order chi connectivity index (χ1) is 8.06. The molecule has 0 aliphatic carbocycles. The Bertz CT molecular complexity index is 538. The second kappa shape index (κ2) is 4.63. The van der Waals surface area contributed by atoms with E-state index in [2.05, 4.69) is 10.4 Å². The highest BCUT2D eigenvalue weighted by molar-refractivity contribution is 6.31. The van der Waals surface area contributed by atoms with Crippen molar-refractivity contribution < 1.29 is 4.39 Å². The Hall–Kier alpha value is -1.75. The normalized spacial score (nSPS) is 10.5. The maximum absolute atomic E-state index is 13.2. The van der Waals surface area contributed by atoms with Gasteiger partial charge in [-0.1, -0.05) is 11.6 Å². The van der Waals surface area contributed by atoms with Crippen LogP contribution in [0.15, 0.2) is 24.4 Å². The lowest BCUT2D eigenvalue weighted by molar-refractivity contribution is 0.629. The lowest BCUT2D eigenvalue weighted by Gasteiger charge is -2.08. The molecule has 0 amide bonds. The van der Waals surface area contributed by atoms with Gasteiger partial charge in [0.25, 0.3) is 0 Å². The Labute approximate surface area is 103 Å². The van der Waals surface area contributed by atoms with Crippen molar-refractivity contribution in [3.05, 3.63) is 40.9 Å². The zero-order valence-corrected chi connectivity index (χ0v) is 10.0. The van der Waals surface area contributed by atoms with Crippen molar-refractivity contribution in [3.63, 3.8) is 0 Å². The van der Waals surface area contributed by atoms with E-state index in [-0.39, 0.29) is 5.02 Å². The van der Waals surface area contributed by atoms with Gasteiger partial charge in [0.15, 0.2) is 0 Å². The van der Waals surface area contributed by atoms with Crippen molar-refractivity contribution in [1.29, 1.82) is 0 Å². The van der Waals surface area contributed by atoms with E-state index in [4.69, 9.17) is 17.3 Å². The highest BCUT2D eigenvalue weighted by atomic mass is 35.5. The van der Waals surface area contributed by atoms with Gasteiger partial charge < -0.3 is 11.1 Å². The topological polar surface area (TPSA) is 55.9 Å². The van der Waals surface area contributed by atoms with Crippen molar-refractivity contribution in [3.8, 4) is 0 Å². The average Bonchev–Trinajstić information content (AvgIpc) is 2.68. The van der Waals surface area contributed by atoms with E-state index in [1.54, 1.807) is 4.68 Å². The molecule has 0 saturated carbocycles. The second-order valence-corrected chi connectivity index (χ2v) is 4.10. The third kappa shape index (κ3) is 2.68. The number of hydrogen-bond acceptors (Lipinski definition) is 3. The zero-order valence-electron chi connectivity index (χ0n) is 9.24. The number of aromatic nitrogens is 2. The molecule has 6 heteroatoms. The summed E-state index contributed by atoms with van der Waals surface area (Å²) in [6, 6.07) is 4.54. The molecule has 17 heavy (non-hydrogen) atoms. The first-order valence-corrected chi connectivity index (χ1v) is 5.41. The minimum Gasteiger partial charge on any atom is -0.397 e.